The zero-order valence-electron chi connectivity index (χ0n) is 22.7. The number of cyclic esters (lactones) is 1. The zero-order valence-corrected chi connectivity index (χ0v) is 22.7. The molecule has 0 radical (unpaired) electrons. The van der Waals surface area contributed by atoms with Crippen LogP contribution in [-0.4, -0.2) is 63.1 Å². The van der Waals surface area contributed by atoms with Crippen LogP contribution in [0.4, 0.5) is 13.2 Å². The van der Waals surface area contributed by atoms with Crippen LogP contribution in [0, 0.1) is 24.2 Å². The van der Waals surface area contributed by atoms with E-state index in [-0.39, 0.29) is 25.7 Å². The lowest BCUT2D eigenvalue weighted by Crippen LogP contribution is -2.46. The number of epoxide rings is 1. The molecule has 0 saturated carbocycles. The lowest BCUT2D eigenvalue weighted by Gasteiger charge is -2.34. The summed E-state index contributed by atoms with van der Waals surface area (Å²) in [6, 6.07) is 0. The summed E-state index contributed by atoms with van der Waals surface area (Å²) in [6.45, 7) is 9.43. The standard InChI is InChI=1S/C27H38F3NO7/c1-14-8-7-9-26(27(28,29)30)21(38-26)11-19(15(2)10-18-13-36-17(4)31-18)37-22(33)12-20(32)25(5,6)24(35)16(3)23(14)34/h10,13-14,16,19-21,23,32,34H,7-9,11-12H2,1-6H3/t14-,16+,19-,20-,21?,23-,26?/m0/s1. The molecule has 3 rings (SSSR count). The molecule has 2 fully saturated rings. The molecule has 214 valence electrons. The number of Topliss-reactive ketones (excluding diaryl/α,β-unsaturated/α-hetero) is 1. The summed E-state index contributed by atoms with van der Waals surface area (Å²) in [5, 5.41) is 21.6. The predicted molar refractivity (Wildman–Crippen MR) is 131 cm³/mol. The summed E-state index contributed by atoms with van der Waals surface area (Å²) in [4.78, 5) is 30.2. The first kappa shape index (κ1) is 30.3. The first-order valence-electron chi connectivity index (χ1n) is 12.9. The molecule has 0 aliphatic carbocycles. The van der Waals surface area contributed by atoms with Crippen LogP contribution in [0.5, 0.6) is 0 Å². The number of aryl methyl sites for hydroxylation is 1. The van der Waals surface area contributed by atoms with Gasteiger partial charge in [0, 0.05) is 19.3 Å². The average Bonchev–Trinajstić information content (AvgIpc) is 3.38. The molecular weight excluding hydrogens is 507 g/mol. The third kappa shape index (κ3) is 6.31. The van der Waals surface area contributed by atoms with E-state index >= 15 is 0 Å². The minimum Gasteiger partial charge on any atom is -0.458 e. The number of halogens is 3. The number of rotatable bonds is 2. The van der Waals surface area contributed by atoms with Crippen LogP contribution >= 0.6 is 0 Å². The molecule has 3 heterocycles. The Balaban J connectivity index is 1.94. The van der Waals surface area contributed by atoms with Gasteiger partial charge in [-0.3, -0.25) is 9.59 Å². The molecule has 1 aromatic rings. The number of hydrogen-bond acceptors (Lipinski definition) is 8. The Hall–Kier alpha value is -2.24. The van der Waals surface area contributed by atoms with Crippen molar-refractivity contribution in [3.63, 3.8) is 0 Å². The average molecular weight is 546 g/mol. The fraction of sp³-hybridized carbons (Fsp3) is 0.741. The molecule has 2 aliphatic heterocycles. The fourth-order valence-corrected chi connectivity index (χ4v) is 5.24. The number of nitrogens with zero attached hydrogens (tertiary/aromatic N) is 1. The van der Waals surface area contributed by atoms with Gasteiger partial charge >= 0.3 is 12.1 Å². The Morgan fingerprint density at radius 2 is 1.87 bits per heavy atom. The Morgan fingerprint density at radius 3 is 2.45 bits per heavy atom. The topological polar surface area (TPSA) is 122 Å². The van der Waals surface area contributed by atoms with E-state index in [2.05, 4.69) is 4.98 Å². The van der Waals surface area contributed by atoms with Crippen LogP contribution in [-0.2, 0) is 19.1 Å². The highest BCUT2D eigenvalue weighted by atomic mass is 19.4. The molecule has 2 saturated heterocycles. The monoisotopic (exact) mass is 545 g/mol. The summed E-state index contributed by atoms with van der Waals surface area (Å²) in [5.74, 6) is -2.30. The van der Waals surface area contributed by atoms with Crippen LogP contribution < -0.4 is 0 Å². The number of ether oxygens (including phenoxy) is 2. The minimum atomic E-state index is -4.65. The number of carbonyl (C=O) groups excluding carboxylic acids is 2. The molecule has 0 bridgehead atoms. The van der Waals surface area contributed by atoms with Gasteiger partial charge in [-0.05, 0) is 43.8 Å². The van der Waals surface area contributed by atoms with Crippen molar-refractivity contribution in [1.29, 1.82) is 0 Å². The van der Waals surface area contributed by atoms with Gasteiger partial charge in [0.15, 0.2) is 11.5 Å². The predicted octanol–water partition coefficient (Wildman–Crippen LogP) is 4.55. The molecule has 2 unspecified atom stereocenters. The largest absolute Gasteiger partial charge is 0.458 e. The first-order chi connectivity index (χ1) is 17.5. The van der Waals surface area contributed by atoms with Gasteiger partial charge in [-0.2, -0.15) is 13.2 Å². The Bertz CT molecular complexity index is 1050. The second-order valence-electron chi connectivity index (χ2n) is 11.3. The van der Waals surface area contributed by atoms with Crippen LogP contribution in [0.1, 0.15) is 78.3 Å². The highest BCUT2D eigenvalue weighted by Crippen LogP contribution is 2.55. The van der Waals surface area contributed by atoms with Crippen molar-refractivity contribution in [2.75, 3.05) is 0 Å². The molecule has 38 heavy (non-hydrogen) atoms. The van der Waals surface area contributed by atoms with E-state index < -0.39 is 71.6 Å². The number of oxazole rings is 1. The minimum absolute atomic E-state index is 0.110. The first-order valence-corrected chi connectivity index (χ1v) is 12.9. The maximum absolute atomic E-state index is 14.1. The van der Waals surface area contributed by atoms with Gasteiger partial charge in [0.1, 0.15) is 29.9 Å². The van der Waals surface area contributed by atoms with Crippen LogP contribution in [0.2, 0.25) is 0 Å². The van der Waals surface area contributed by atoms with Crippen molar-refractivity contribution in [2.24, 2.45) is 17.3 Å². The lowest BCUT2D eigenvalue weighted by atomic mass is 9.73. The second-order valence-corrected chi connectivity index (χ2v) is 11.3. The molecule has 0 amide bonds. The van der Waals surface area contributed by atoms with Crippen molar-refractivity contribution in [2.45, 2.75) is 110 Å². The molecule has 1 aromatic heterocycles. The number of aliphatic hydroxyl groups excluding tert-OH is 2. The molecule has 7 atom stereocenters. The fourth-order valence-electron chi connectivity index (χ4n) is 5.24. The van der Waals surface area contributed by atoms with Gasteiger partial charge in [-0.15, -0.1) is 0 Å². The number of fused-ring (bicyclic) bond motifs is 1. The van der Waals surface area contributed by atoms with Gasteiger partial charge < -0.3 is 24.1 Å². The maximum Gasteiger partial charge on any atom is 0.420 e. The molecule has 11 heteroatoms. The SMILES string of the molecule is CC(=Cc1coc(C)n1)[C@@H]1CC2OC2(C(F)(F)F)CCC[C@H](C)[C@H](O)[C@@H](C)C(=O)C(C)(C)[C@@H](O)CC(=O)O1. The third-order valence-electron chi connectivity index (χ3n) is 8.06. The highest BCUT2D eigenvalue weighted by molar-refractivity contribution is 5.88. The van der Waals surface area contributed by atoms with E-state index in [9.17, 15) is 33.0 Å². The van der Waals surface area contributed by atoms with Crippen molar-refractivity contribution in [3.05, 3.63) is 23.4 Å². The number of ketones is 1. The van der Waals surface area contributed by atoms with Gasteiger partial charge in [-0.1, -0.05) is 27.7 Å². The maximum atomic E-state index is 14.1. The van der Waals surface area contributed by atoms with Crippen LogP contribution in [0.25, 0.3) is 6.08 Å². The zero-order chi connectivity index (χ0) is 28.6. The van der Waals surface area contributed by atoms with Gasteiger partial charge in [-0.25, -0.2) is 4.98 Å². The third-order valence-corrected chi connectivity index (χ3v) is 8.06. The Kier molecular flexibility index (Phi) is 8.85. The smallest absolute Gasteiger partial charge is 0.420 e. The normalized spacial score (nSPS) is 35.9. The van der Waals surface area contributed by atoms with Crippen molar-refractivity contribution >= 4 is 17.8 Å². The van der Waals surface area contributed by atoms with E-state index in [0.29, 0.717) is 17.2 Å². The molecule has 2 aliphatic rings. The molecule has 2 N–H and O–H groups in total. The molecule has 0 spiro atoms. The lowest BCUT2D eigenvalue weighted by molar-refractivity contribution is -0.186. The van der Waals surface area contributed by atoms with E-state index in [1.807, 2.05) is 0 Å². The van der Waals surface area contributed by atoms with E-state index in [0.717, 1.165) is 0 Å². The molecule has 0 aromatic carbocycles. The number of aromatic nitrogens is 1. The number of alkyl halides is 3. The van der Waals surface area contributed by atoms with Crippen LogP contribution in [0.15, 0.2) is 16.3 Å². The van der Waals surface area contributed by atoms with E-state index in [4.69, 9.17) is 13.9 Å². The molecule has 8 nitrogen and oxygen atoms in total. The van der Waals surface area contributed by atoms with Gasteiger partial charge in [0.2, 0.25) is 0 Å². The second kappa shape index (κ2) is 11.1. The summed E-state index contributed by atoms with van der Waals surface area (Å²) in [7, 11) is 0. The number of aliphatic hydroxyl groups is 2. The summed E-state index contributed by atoms with van der Waals surface area (Å²) >= 11 is 0. The van der Waals surface area contributed by atoms with E-state index in [1.54, 1.807) is 26.8 Å². The summed E-state index contributed by atoms with van der Waals surface area (Å²) < 4.78 is 58.5. The molecular formula is C27H38F3NO7. The number of hydrogen-bond donors (Lipinski definition) is 2. The number of esters is 1. The Labute approximate surface area is 220 Å². The van der Waals surface area contributed by atoms with Gasteiger partial charge in [0.25, 0.3) is 0 Å². The summed E-state index contributed by atoms with van der Waals surface area (Å²) in [5.41, 5.74) is -2.92. The van der Waals surface area contributed by atoms with Crippen LogP contribution in [0.3, 0.4) is 0 Å². The van der Waals surface area contributed by atoms with Gasteiger partial charge in [0.05, 0.1) is 24.0 Å². The quantitative estimate of drug-likeness (QED) is 0.410. The summed E-state index contributed by atoms with van der Waals surface area (Å²) in [6.07, 6.45) is -7.38. The number of carbonyl (C=O) groups is 2. The highest BCUT2D eigenvalue weighted by Gasteiger charge is 2.72. The van der Waals surface area contributed by atoms with Crippen molar-refractivity contribution < 1.29 is 46.9 Å². The Morgan fingerprint density at radius 1 is 1.21 bits per heavy atom. The van der Waals surface area contributed by atoms with E-state index in [1.165, 1.54) is 27.0 Å². The van der Waals surface area contributed by atoms with Crippen molar-refractivity contribution in [1.82, 2.24) is 4.98 Å². The van der Waals surface area contributed by atoms with Crippen molar-refractivity contribution in [3.8, 4) is 0 Å².